The highest BCUT2D eigenvalue weighted by Gasteiger charge is 2.12. The van der Waals surface area contributed by atoms with E-state index in [1.165, 1.54) is 0 Å². The van der Waals surface area contributed by atoms with Gasteiger partial charge in [0.1, 0.15) is 0 Å². The van der Waals surface area contributed by atoms with E-state index in [2.05, 4.69) is 33.4 Å². The molecule has 0 fully saturated rings. The molecule has 7 heteroatoms. The van der Waals surface area contributed by atoms with Crippen molar-refractivity contribution < 1.29 is 9.47 Å². The van der Waals surface area contributed by atoms with Crippen LogP contribution >= 0.6 is 0 Å². The number of allylic oxidation sites excluding steroid dienone is 1. The second-order valence-corrected chi connectivity index (χ2v) is 5.96. The number of guanidine groups is 1. The Kier molecular flexibility index (Phi) is 8.22. The van der Waals surface area contributed by atoms with E-state index in [9.17, 15) is 0 Å². The Labute approximate surface area is 161 Å². The molecule has 2 N–H and O–H groups in total. The first kappa shape index (κ1) is 20.4. The number of methoxy groups -OCH3 is 2. The van der Waals surface area contributed by atoms with Crippen LogP contribution in [0.25, 0.3) is 0 Å². The van der Waals surface area contributed by atoms with Gasteiger partial charge in [-0.2, -0.15) is 5.10 Å². The zero-order valence-corrected chi connectivity index (χ0v) is 16.4. The van der Waals surface area contributed by atoms with Crippen LogP contribution in [0.15, 0.2) is 48.2 Å². The molecule has 1 heterocycles. The summed E-state index contributed by atoms with van der Waals surface area (Å²) in [6.07, 6.45) is 7.28. The van der Waals surface area contributed by atoms with Gasteiger partial charge in [0.25, 0.3) is 0 Å². The molecule has 0 spiro atoms. The molecule has 0 aliphatic carbocycles. The summed E-state index contributed by atoms with van der Waals surface area (Å²) < 4.78 is 12.9. The first-order valence-electron chi connectivity index (χ1n) is 8.98. The molecule has 2 rings (SSSR count). The van der Waals surface area contributed by atoms with Crippen molar-refractivity contribution in [1.82, 2.24) is 20.4 Å². The number of aromatic nitrogens is 2. The number of hydrogen-bond acceptors (Lipinski definition) is 4. The maximum Gasteiger partial charge on any atom is 0.191 e. The van der Waals surface area contributed by atoms with Crippen LogP contribution in [0.3, 0.4) is 0 Å². The van der Waals surface area contributed by atoms with Crippen molar-refractivity contribution in [2.24, 2.45) is 4.99 Å². The Morgan fingerprint density at radius 2 is 2.15 bits per heavy atom. The molecule has 0 bridgehead atoms. The molecule has 0 atom stereocenters. The Bertz CT molecular complexity index is 741. The SMILES string of the molecule is C=CCc1cc(CNC(=NC)NCCCn2cccn2)cc(OC)c1OC. The van der Waals surface area contributed by atoms with Crippen LogP contribution in [-0.4, -0.2) is 43.6 Å². The predicted molar refractivity (Wildman–Crippen MR) is 108 cm³/mol. The van der Waals surface area contributed by atoms with E-state index in [-0.39, 0.29) is 0 Å². The van der Waals surface area contributed by atoms with Gasteiger partial charge in [-0.25, -0.2) is 0 Å². The average Bonchev–Trinajstić information content (AvgIpc) is 3.20. The highest BCUT2D eigenvalue weighted by molar-refractivity contribution is 5.79. The lowest BCUT2D eigenvalue weighted by Gasteiger charge is -2.16. The number of hydrogen-bond donors (Lipinski definition) is 2. The van der Waals surface area contributed by atoms with Crippen LogP contribution in [0.4, 0.5) is 0 Å². The molecule has 1 aromatic heterocycles. The molecule has 7 nitrogen and oxygen atoms in total. The second kappa shape index (κ2) is 10.9. The van der Waals surface area contributed by atoms with Crippen LogP contribution in [-0.2, 0) is 19.5 Å². The van der Waals surface area contributed by atoms with Gasteiger partial charge in [0.15, 0.2) is 17.5 Å². The van der Waals surface area contributed by atoms with Crippen LogP contribution in [0.2, 0.25) is 0 Å². The van der Waals surface area contributed by atoms with Gasteiger partial charge in [-0.05, 0) is 36.6 Å². The fourth-order valence-electron chi connectivity index (χ4n) is 2.80. The van der Waals surface area contributed by atoms with Gasteiger partial charge in [-0.1, -0.05) is 6.08 Å². The third-order valence-corrected chi connectivity index (χ3v) is 4.08. The zero-order chi connectivity index (χ0) is 19.5. The topological polar surface area (TPSA) is 72.7 Å². The van der Waals surface area contributed by atoms with E-state index >= 15 is 0 Å². The molecule has 0 amide bonds. The lowest BCUT2D eigenvalue weighted by Crippen LogP contribution is -2.37. The highest BCUT2D eigenvalue weighted by atomic mass is 16.5. The Balaban J connectivity index is 1.90. The van der Waals surface area contributed by atoms with Crippen LogP contribution in [0, 0.1) is 0 Å². The molecule has 27 heavy (non-hydrogen) atoms. The molecule has 0 aliphatic heterocycles. The van der Waals surface area contributed by atoms with E-state index in [1.807, 2.05) is 29.1 Å². The summed E-state index contributed by atoms with van der Waals surface area (Å²) in [4.78, 5) is 4.27. The Morgan fingerprint density at radius 1 is 1.30 bits per heavy atom. The molecular formula is C20H29N5O2. The van der Waals surface area contributed by atoms with Gasteiger partial charge < -0.3 is 20.1 Å². The zero-order valence-electron chi connectivity index (χ0n) is 16.4. The summed E-state index contributed by atoms with van der Waals surface area (Å²) in [5.41, 5.74) is 2.13. The fraction of sp³-hybridized carbons (Fsp3) is 0.400. The van der Waals surface area contributed by atoms with E-state index < -0.39 is 0 Å². The lowest BCUT2D eigenvalue weighted by molar-refractivity contribution is 0.352. The van der Waals surface area contributed by atoms with Crippen molar-refractivity contribution in [3.05, 3.63) is 54.4 Å². The maximum atomic E-state index is 5.48. The number of nitrogens with one attached hydrogen (secondary N) is 2. The van der Waals surface area contributed by atoms with Crippen molar-refractivity contribution in [3.63, 3.8) is 0 Å². The molecular weight excluding hydrogens is 342 g/mol. The molecule has 0 saturated carbocycles. The predicted octanol–water partition coefficient (Wildman–Crippen LogP) is 2.38. The highest BCUT2D eigenvalue weighted by Crippen LogP contribution is 2.33. The van der Waals surface area contributed by atoms with Crippen molar-refractivity contribution in [2.75, 3.05) is 27.8 Å². The molecule has 0 unspecified atom stereocenters. The van der Waals surface area contributed by atoms with E-state index in [0.29, 0.717) is 13.0 Å². The smallest absolute Gasteiger partial charge is 0.191 e. The number of benzene rings is 1. The van der Waals surface area contributed by atoms with Crippen molar-refractivity contribution in [1.29, 1.82) is 0 Å². The largest absolute Gasteiger partial charge is 0.493 e. The van der Waals surface area contributed by atoms with Gasteiger partial charge in [0, 0.05) is 44.6 Å². The summed E-state index contributed by atoms with van der Waals surface area (Å²) in [5, 5.41) is 10.8. The van der Waals surface area contributed by atoms with E-state index in [4.69, 9.17) is 9.47 Å². The van der Waals surface area contributed by atoms with E-state index in [0.717, 1.165) is 48.1 Å². The standard InChI is InChI=1S/C20H29N5O2/c1-5-8-17-13-16(14-18(26-3)19(17)27-4)15-23-20(21-2)22-9-6-11-25-12-7-10-24-25/h5,7,10,12-14H,1,6,8-9,11,15H2,2-4H3,(H2,21,22,23). The summed E-state index contributed by atoms with van der Waals surface area (Å²) in [7, 11) is 5.06. The van der Waals surface area contributed by atoms with Crippen molar-refractivity contribution in [3.8, 4) is 11.5 Å². The molecule has 1 aromatic carbocycles. The lowest BCUT2D eigenvalue weighted by atomic mass is 10.1. The second-order valence-electron chi connectivity index (χ2n) is 5.96. The number of rotatable bonds is 10. The maximum absolute atomic E-state index is 5.48. The molecule has 146 valence electrons. The summed E-state index contributed by atoms with van der Waals surface area (Å²) in [5.74, 6) is 2.23. The minimum absolute atomic E-state index is 0.628. The minimum Gasteiger partial charge on any atom is -0.493 e. The van der Waals surface area contributed by atoms with Crippen LogP contribution < -0.4 is 20.1 Å². The third-order valence-electron chi connectivity index (χ3n) is 4.08. The first-order chi connectivity index (χ1) is 13.2. The van der Waals surface area contributed by atoms with Crippen molar-refractivity contribution >= 4 is 5.96 Å². The monoisotopic (exact) mass is 371 g/mol. The fourth-order valence-corrected chi connectivity index (χ4v) is 2.80. The summed E-state index contributed by atoms with van der Waals surface area (Å²) >= 11 is 0. The molecule has 0 radical (unpaired) electrons. The van der Waals surface area contributed by atoms with Gasteiger partial charge in [0.05, 0.1) is 14.2 Å². The summed E-state index contributed by atoms with van der Waals surface area (Å²) in [6, 6.07) is 6.00. The van der Waals surface area contributed by atoms with Crippen LogP contribution in [0.1, 0.15) is 17.5 Å². The molecule has 0 aliphatic rings. The van der Waals surface area contributed by atoms with Crippen molar-refractivity contribution in [2.45, 2.75) is 25.9 Å². The number of ether oxygens (including phenoxy) is 2. The normalized spacial score (nSPS) is 11.1. The van der Waals surface area contributed by atoms with E-state index in [1.54, 1.807) is 27.5 Å². The van der Waals surface area contributed by atoms with Gasteiger partial charge >= 0.3 is 0 Å². The van der Waals surface area contributed by atoms with Gasteiger partial charge in [0.2, 0.25) is 0 Å². The summed E-state index contributed by atoms with van der Waals surface area (Å²) in [6.45, 7) is 6.13. The molecule has 0 saturated heterocycles. The van der Waals surface area contributed by atoms with Gasteiger partial charge in [-0.3, -0.25) is 9.67 Å². The average molecular weight is 371 g/mol. The Morgan fingerprint density at radius 3 is 2.78 bits per heavy atom. The number of aryl methyl sites for hydroxylation is 1. The minimum atomic E-state index is 0.628. The quantitative estimate of drug-likeness (QED) is 0.290. The Hall–Kier alpha value is -2.96. The van der Waals surface area contributed by atoms with Gasteiger partial charge in [-0.15, -0.1) is 6.58 Å². The first-order valence-corrected chi connectivity index (χ1v) is 8.98. The van der Waals surface area contributed by atoms with Crippen LogP contribution in [0.5, 0.6) is 11.5 Å². The number of nitrogens with zero attached hydrogens (tertiary/aromatic N) is 3. The number of aliphatic imine (C=N–C) groups is 1. The molecule has 2 aromatic rings. The third kappa shape index (κ3) is 6.06.